The Labute approximate surface area is 110 Å². The molecule has 0 aliphatic rings. The van der Waals surface area contributed by atoms with Gasteiger partial charge in [0.2, 0.25) is 5.88 Å². The topological polar surface area (TPSA) is 78.0 Å². The Bertz CT molecular complexity index is 581. The molecule has 94 valence electrons. The zero-order valence-electron chi connectivity index (χ0n) is 10.0. The second-order valence-electron chi connectivity index (χ2n) is 3.58. The number of thiocarbonyl (C=S) groups is 1. The number of aromatic nitrogens is 3. The summed E-state index contributed by atoms with van der Waals surface area (Å²) in [4.78, 5) is 4.48. The zero-order chi connectivity index (χ0) is 13.1. The molecule has 2 heterocycles. The van der Waals surface area contributed by atoms with Crippen molar-refractivity contribution in [3.8, 4) is 5.88 Å². The third kappa shape index (κ3) is 2.40. The highest BCUT2D eigenvalue weighted by molar-refractivity contribution is 7.80. The van der Waals surface area contributed by atoms with Crippen molar-refractivity contribution in [2.24, 2.45) is 12.8 Å². The summed E-state index contributed by atoms with van der Waals surface area (Å²) in [6.45, 7) is 0. The number of pyridine rings is 1. The summed E-state index contributed by atoms with van der Waals surface area (Å²) in [5.41, 5.74) is 6.31. The molecule has 0 saturated heterocycles. The van der Waals surface area contributed by atoms with Crippen LogP contribution in [0.3, 0.4) is 0 Å². The second-order valence-corrected chi connectivity index (χ2v) is 4.02. The fourth-order valence-corrected chi connectivity index (χ4v) is 1.69. The molecule has 0 unspecified atom stereocenters. The van der Waals surface area contributed by atoms with Gasteiger partial charge in [0.15, 0.2) is 5.82 Å². The maximum atomic E-state index is 5.63. The molecule has 7 heteroatoms. The van der Waals surface area contributed by atoms with E-state index in [1.54, 1.807) is 43.2 Å². The van der Waals surface area contributed by atoms with Gasteiger partial charge in [-0.2, -0.15) is 5.10 Å². The number of hydrogen-bond donors (Lipinski definition) is 2. The smallest absolute Gasteiger partial charge is 0.213 e. The minimum atomic E-state index is 0.286. The first-order chi connectivity index (χ1) is 8.61. The van der Waals surface area contributed by atoms with Gasteiger partial charge in [-0.05, 0) is 12.1 Å². The lowest BCUT2D eigenvalue weighted by molar-refractivity contribution is 0.373. The summed E-state index contributed by atoms with van der Waals surface area (Å²) < 4.78 is 6.75. The van der Waals surface area contributed by atoms with Crippen LogP contribution in [0.5, 0.6) is 5.88 Å². The summed E-state index contributed by atoms with van der Waals surface area (Å²) in [5.74, 6) is 1.83. The summed E-state index contributed by atoms with van der Waals surface area (Å²) in [7, 11) is 3.37. The van der Waals surface area contributed by atoms with Gasteiger partial charge in [0, 0.05) is 19.3 Å². The molecule has 0 aliphatic carbocycles. The van der Waals surface area contributed by atoms with Gasteiger partial charge in [-0.3, -0.25) is 0 Å². The van der Waals surface area contributed by atoms with Gasteiger partial charge in [-0.1, -0.05) is 12.2 Å². The first-order valence-corrected chi connectivity index (χ1v) is 5.62. The van der Waals surface area contributed by atoms with Gasteiger partial charge in [0.25, 0.3) is 0 Å². The molecule has 0 aliphatic heterocycles. The molecular weight excluding hydrogens is 250 g/mol. The maximum Gasteiger partial charge on any atom is 0.213 e. The molecule has 0 bridgehead atoms. The molecule has 0 aromatic carbocycles. The summed E-state index contributed by atoms with van der Waals surface area (Å²) in [6, 6.07) is 5.34. The van der Waals surface area contributed by atoms with E-state index in [1.165, 1.54) is 0 Å². The van der Waals surface area contributed by atoms with Crippen molar-refractivity contribution in [3.63, 3.8) is 0 Å². The molecule has 0 fully saturated rings. The number of nitrogens with two attached hydrogens (primary N) is 1. The predicted molar refractivity (Wildman–Crippen MR) is 73.2 cm³/mol. The van der Waals surface area contributed by atoms with Crippen molar-refractivity contribution in [2.75, 3.05) is 12.4 Å². The molecule has 2 aromatic heterocycles. The van der Waals surface area contributed by atoms with Crippen molar-refractivity contribution in [1.82, 2.24) is 14.8 Å². The first kappa shape index (κ1) is 12.3. The Hall–Kier alpha value is -2.15. The van der Waals surface area contributed by atoms with Crippen LogP contribution in [0.4, 0.5) is 11.6 Å². The lowest BCUT2D eigenvalue weighted by Gasteiger charge is -2.06. The third-order valence-electron chi connectivity index (χ3n) is 2.37. The van der Waals surface area contributed by atoms with Crippen molar-refractivity contribution in [2.45, 2.75) is 0 Å². The fourth-order valence-electron chi connectivity index (χ4n) is 1.53. The van der Waals surface area contributed by atoms with Gasteiger partial charge in [0.1, 0.15) is 10.8 Å². The van der Waals surface area contributed by atoms with Crippen LogP contribution < -0.4 is 15.8 Å². The van der Waals surface area contributed by atoms with E-state index in [0.717, 1.165) is 0 Å². The molecule has 3 N–H and O–H groups in total. The number of nitrogens with zero attached hydrogens (tertiary/aromatic N) is 3. The molecule has 0 saturated carbocycles. The van der Waals surface area contributed by atoms with E-state index >= 15 is 0 Å². The van der Waals surface area contributed by atoms with Crippen LogP contribution >= 0.6 is 12.2 Å². The number of hydrogen-bond acceptors (Lipinski definition) is 5. The molecule has 0 radical (unpaired) electrons. The van der Waals surface area contributed by atoms with Crippen molar-refractivity contribution in [3.05, 3.63) is 30.0 Å². The Morgan fingerprint density at radius 2 is 2.33 bits per heavy atom. The van der Waals surface area contributed by atoms with Crippen LogP contribution in [0.2, 0.25) is 0 Å². The number of ether oxygens (including phenoxy) is 1. The fraction of sp³-hybridized carbons (Fsp3) is 0.182. The Balaban J connectivity index is 2.31. The van der Waals surface area contributed by atoms with Crippen LogP contribution in [-0.4, -0.2) is 26.9 Å². The predicted octanol–water partition coefficient (Wildman–Crippen LogP) is 1.20. The van der Waals surface area contributed by atoms with Gasteiger partial charge in [-0.15, -0.1) is 0 Å². The first-order valence-electron chi connectivity index (χ1n) is 5.21. The highest BCUT2D eigenvalue weighted by Gasteiger charge is 2.09. The number of methoxy groups -OCH3 is 1. The summed E-state index contributed by atoms with van der Waals surface area (Å²) in [6.07, 6.45) is 1.66. The molecular formula is C11H13N5OS. The normalized spacial score (nSPS) is 10.1. The van der Waals surface area contributed by atoms with E-state index in [9.17, 15) is 0 Å². The Morgan fingerprint density at radius 1 is 1.56 bits per heavy atom. The minimum absolute atomic E-state index is 0.286. The van der Waals surface area contributed by atoms with E-state index < -0.39 is 0 Å². The highest BCUT2D eigenvalue weighted by atomic mass is 32.1. The van der Waals surface area contributed by atoms with Gasteiger partial charge in [0.05, 0.1) is 12.7 Å². The number of anilines is 2. The molecule has 0 atom stereocenters. The van der Waals surface area contributed by atoms with Gasteiger partial charge in [-0.25, -0.2) is 9.67 Å². The average molecular weight is 263 g/mol. The summed E-state index contributed by atoms with van der Waals surface area (Å²) in [5, 5.41) is 7.29. The zero-order valence-corrected chi connectivity index (χ0v) is 10.9. The van der Waals surface area contributed by atoms with Gasteiger partial charge < -0.3 is 15.8 Å². The van der Waals surface area contributed by atoms with E-state index in [-0.39, 0.29) is 4.99 Å². The quantitative estimate of drug-likeness (QED) is 0.807. The molecule has 0 spiro atoms. The van der Waals surface area contributed by atoms with Crippen LogP contribution in [0.25, 0.3) is 0 Å². The summed E-state index contributed by atoms with van der Waals surface area (Å²) >= 11 is 4.97. The Kier molecular flexibility index (Phi) is 3.42. The van der Waals surface area contributed by atoms with Crippen LogP contribution in [0.15, 0.2) is 24.4 Å². The molecule has 6 nitrogen and oxygen atoms in total. The lowest BCUT2D eigenvalue weighted by atomic mass is 10.2. The minimum Gasteiger partial charge on any atom is -0.481 e. The number of rotatable bonds is 4. The maximum absolute atomic E-state index is 5.63. The molecule has 0 amide bonds. The Morgan fingerprint density at radius 3 is 2.94 bits per heavy atom. The van der Waals surface area contributed by atoms with Crippen LogP contribution in [0, 0.1) is 0 Å². The van der Waals surface area contributed by atoms with Crippen molar-refractivity contribution >= 4 is 28.8 Å². The monoisotopic (exact) mass is 263 g/mol. The molecule has 2 rings (SSSR count). The van der Waals surface area contributed by atoms with Crippen molar-refractivity contribution < 1.29 is 4.74 Å². The van der Waals surface area contributed by atoms with Crippen LogP contribution in [-0.2, 0) is 7.05 Å². The largest absolute Gasteiger partial charge is 0.481 e. The van der Waals surface area contributed by atoms with Crippen molar-refractivity contribution in [1.29, 1.82) is 0 Å². The average Bonchev–Trinajstić information content (AvgIpc) is 2.70. The molecule has 18 heavy (non-hydrogen) atoms. The van der Waals surface area contributed by atoms with E-state index in [1.807, 2.05) is 0 Å². The number of aryl methyl sites for hydroxylation is 1. The highest BCUT2D eigenvalue weighted by Crippen LogP contribution is 2.20. The lowest BCUT2D eigenvalue weighted by Crippen LogP contribution is -2.12. The SMILES string of the molecule is COc1cc(Nc2ncccc2C(N)=S)nn1C. The second kappa shape index (κ2) is 5.01. The van der Waals surface area contributed by atoms with E-state index in [2.05, 4.69) is 15.4 Å². The van der Waals surface area contributed by atoms with E-state index in [0.29, 0.717) is 23.1 Å². The van der Waals surface area contributed by atoms with Crippen LogP contribution in [0.1, 0.15) is 5.56 Å². The number of nitrogens with one attached hydrogen (secondary N) is 1. The standard InChI is InChI=1S/C11H13N5OS/c1-16-9(17-2)6-8(15-16)14-11-7(10(12)18)4-3-5-13-11/h3-6H,1-2H3,(H2,12,18)(H,13,14,15). The molecule has 2 aromatic rings. The van der Waals surface area contributed by atoms with Gasteiger partial charge >= 0.3 is 0 Å². The third-order valence-corrected chi connectivity index (χ3v) is 2.59. The van der Waals surface area contributed by atoms with E-state index in [4.69, 9.17) is 22.7 Å².